The number of carbonyl (C=O) groups is 1. The highest BCUT2D eigenvalue weighted by atomic mass is 16.3. The Morgan fingerprint density at radius 3 is 2.55 bits per heavy atom. The molecule has 1 heterocycles. The first-order chi connectivity index (χ1) is 10.6. The van der Waals surface area contributed by atoms with Crippen LogP contribution in [0.15, 0.2) is 52.2 Å². The molecule has 0 atom stereocenters. The van der Waals surface area contributed by atoms with Crippen molar-refractivity contribution in [2.75, 3.05) is 13.2 Å². The van der Waals surface area contributed by atoms with Gasteiger partial charge in [0.05, 0.1) is 6.61 Å². The largest absolute Gasteiger partial charge is 0.395 e. The van der Waals surface area contributed by atoms with Gasteiger partial charge in [0, 0.05) is 25.4 Å². The maximum absolute atomic E-state index is 12.3. The SMILES string of the molecule is O=C(Cn1ccc(=O)[nH]c1=O)N(CCO)Cc1ccccc1. The third-order valence-corrected chi connectivity index (χ3v) is 3.14. The zero-order valence-electron chi connectivity index (χ0n) is 11.9. The van der Waals surface area contributed by atoms with Crippen LogP contribution in [0.1, 0.15) is 5.56 Å². The predicted octanol–water partition coefficient (Wildman–Crippen LogP) is -0.442. The van der Waals surface area contributed by atoms with Gasteiger partial charge in [0.15, 0.2) is 0 Å². The number of carbonyl (C=O) groups excluding carboxylic acids is 1. The Kier molecular flexibility index (Phi) is 5.26. The van der Waals surface area contributed by atoms with Crippen molar-refractivity contribution in [3.8, 4) is 0 Å². The summed E-state index contributed by atoms with van der Waals surface area (Å²) in [4.78, 5) is 38.5. The summed E-state index contributed by atoms with van der Waals surface area (Å²) in [6.07, 6.45) is 1.28. The summed E-state index contributed by atoms with van der Waals surface area (Å²) in [5, 5.41) is 9.11. The number of H-pyrrole nitrogens is 1. The number of hydrogen-bond donors (Lipinski definition) is 2. The quantitative estimate of drug-likeness (QED) is 0.756. The van der Waals surface area contributed by atoms with Crippen LogP contribution in [0, 0.1) is 0 Å². The zero-order valence-corrected chi connectivity index (χ0v) is 11.9. The number of nitrogens with one attached hydrogen (secondary N) is 1. The van der Waals surface area contributed by atoms with E-state index >= 15 is 0 Å². The van der Waals surface area contributed by atoms with Crippen molar-refractivity contribution in [2.45, 2.75) is 13.1 Å². The van der Waals surface area contributed by atoms with Crippen molar-refractivity contribution >= 4 is 5.91 Å². The minimum atomic E-state index is -0.635. The van der Waals surface area contributed by atoms with Crippen molar-refractivity contribution in [3.63, 3.8) is 0 Å². The topological polar surface area (TPSA) is 95.4 Å². The number of benzene rings is 1. The lowest BCUT2D eigenvalue weighted by Crippen LogP contribution is -2.39. The van der Waals surface area contributed by atoms with Gasteiger partial charge in [-0.15, -0.1) is 0 Å². The molecule has 0 bridgehead atoms. The molecule has 1 aromatic heterocycles. The molecule has 0 saturated carbocycles. The van der Waals surface area contributed by atoms with Crippen molar-refractivity contribution in [1.29, 1.82) is 0 Å². The van der Waals surface area contributed by atoms with Gasteiger partial charge in [0.25, 0.3) is 5.56 Å². The lowest BCUT2D eigenvalue weighted by atomic mass is 10.2. The molecular formula is C15H17N3O4. The molecule has 116 valence electrons. The van der Waals surface area contributed by atoms with Crippen LogP contribution in [0.25, 0.3) is 0 Å². The summed E-state index contributed by atoms with van der Waals surface area (Å²) in [6.45, 7) is 0.158. The summed E-state index contributed by atoms with van der Waals surface area (Å²) in [5.41, 5.74) is -0.215. The molecule has 1 aromatic carbocycles. The van der Waals surface area contributed by atoms with E-state index in [-0.39, 0.29) is 25.6 Å². The van der Waals surface area contributed by atoms with Crippen molar-refractivity contribution < 1.29 is 9.90 Å². The average molecular weight is 303 g/mol. The molecule has 0 aliphatic carbocycles. The molecule has 0 radical (unpaired) electrons. The first kappa shape index (κ1) is 15.7. The number of aliphatic hydroxyl groups is 1. The number of aromatic amines is 1. The lowest BCUT2D eigenvalue weighted by Gasteiger charge is -2.22. The van der Waals surface area contributed by atoms with Gasteiger partial charge >= 0.3 is 5.69 Å². The third-order valence-electron chi connectivity index (χ3n) is 3.14. The van der Waals surface area contributed by atoms with Gasteiger partial charge in [-0.3, -0.25) is 19.1 Å². The molecule has 0 fully saturated rings. The fourth-order valence-corrected chi connectivity index (χ4v) is 2.03. The normalized spacial score (nSPS) is 10.4. The molecule has 0 aliphatic heterocycles. The first-order valence-corrected chi connectivity index (χ1v) is 6.82. The molecule has 7 heteroatoms. The molecule has 2 N–H and O–H groups in total. The van der Waals surface area contributed by atoms with Crippen LogP contribution in [0.4, 0.5) is 0 Å². The van der Waals surface area contributed by atoms with E-state index in [4.69, 9.17) is 5.11 Å². The van der Waals surface area contributed by atoms with E-state index in [0.717, 1.165) is 10.1 Å². The lowest BCUT2D eigenvalue weighted by molar-refractivity contribution is -0.133. The molecule has 0 unspecified atom stereocenters. The van der Waals surface area contributed by atoms with Crippen LogP contribution in [-0.2, 0) is 17.9 Å². The number of amides is 1. The van der Waals surface area contributed by atoms with Gasteiger partial charge in [-0.25, -0.2) is 4.79 Å². The van der Waals surface area contributed by atoms with Crippen LogP contribution in [-0.4, -0.2) is 38.6 Å². The molecule has 0 spiro atoms. The van der Waals surface area contributed by atoms with E-state index in [0.29, 0.717) is 6.54 Å². The maximum atomic E-state index is 12.3. The van der Waals surface area contributed by atoms with Gasteiger partial charge in [-0.2, -0.15) is 0 Å². The number of aliphatic hydroxyl groups excluding tert-OH is 1. The summed E-state index contributed by atoms with van der Waals surface area (Å²) in [6, 6.07) is 10.5. The summed E-state index contributed by atoms with van der Waals surface area (Å²) < 4.78 is 1.12. The van der Waals surface area contributed by atoms with Gasteiger partial charge < -0.3 is 10.0 Å². The molecule has 22 heavy (non-hydrogen) atoms. The van der Waals surface area contributed by atoms with E-state index in [2.05, 4.69) is 4.98 Å². The Labute approximate surface area is 126 Å². The molecule has 0 saturated heterocycles. The molecule has 7 nitrogen and oxygen atoms in total. The Morgan fingerprint density at radius 1 is 1.18 bits per heavy atom. The van der Waals surface area contributed by atoms with Crippen LogP contribution in [0.3, 0.4) is 0 Å². The van der Waals surface area contributed by atoms with E-state index in [1.54, 1.807) is 0 Å². The number of aromatic nitrogens is 2. The highest BCUT2D eigenvalue weighted by Gasteiger charge is 2.14. The number of rotatable bonds is 6. The molecule has 1 amide bonds. The van der Waals surface area contributed by atoms with Gasteiger partial charge in [-0.05, 0) is 5.56 Å². The highest BCUT2D eigenvalue weighted by molar-refractivity contribution is 5.76. The van der Waals surface area contributed by atoms with Crippen LogP contribution < -0.4 is 11.2 Å². The second-order valence-electron chi connectivity index (χ2n) is 4.76. The van der Waals surface area contributed by atoms with E-state index in [9.17, 15) is 14.4 Å². The Bertz CT molecular complexity index is 736. The Morgan fingerprint density at radius 2 is 1.91 bits per heavy atom. The summed E-state index contributed by atoms with van der Waals surface area (Å²) in [5.74, 6) is -0.313. The Balaban J connectivity index is 2.12. The van der Waals surface area contributed by atoms with E-state index < -0.39 is 11.2 Å². The van der Waals surface area contributed by atoms with Crippen LogP contribution in [0.2, 0.25) is 0 Å². The van der Waals surface area contributed by atoms with Gasteiger partial charge in [0.1, 0.15) is 6.54 Å². The Hall–Kier alpha value is -2.67. The van der Waals surface area contributed by atoms with Crippen molar-refractivity contribution in [1.82, 2.24) is 14.5 Å². The zero-order chi connectivity index (χ0) is 15.9. The van der Waals surface area contributed by atoms with Crippen molar-refractivity contribution in [3.05, 3.63) is 69.0 Å². The fraction of sp³-hybridized carbons (Fsp3) is 0.267. The highest BCUT2D eigenvalue weighted by Crippen LogP contribution is 2.05. The van der Waals surface area contributed by atoms with E-state index in [1.165, 1.54) is 17.2 Å². The molecule has 2 aromatic rings. The van der Waals surface area contributed by atoms with E-state index in [1.807, 2.05) is 30.3 Å². The summed E-state index contributed by atoms with van der Waals surface area (Å²) in [7, 11) is 0. The molecule has 0 aliphatic rings. The molecular weight excluding hydrogens is 286 g/mol. The minimum Gasteiger partial charge on any atom is -0.395 e. The average Bonchev–Trinajstić information content (AvgIpc) is 2.50. The minimum absolute atomic E-state index is 0.168. The van der Waals surface area contributed by atoms with Gasteiger partial charge in [-0.1, -0.05) is 30.3 Å². The number of nitrogens with zero attached hydrogens (tertiary/aromatic N) is 2. The van der Waals surface area contributed by atoms with Gasteiger partial charge in [0.2, 0.25) is 5.91 Å². The smallest absolute Gasteiger partial charge is 0.328 e. The standard InChI is InChI=1S/C15H17N3O4/c19-9-8-17(10-12-4-2-1-3-5-12)14(21)11-18-7-6-13(20)16-15(18)22/h1-7,19H,8-11H2,(H,16,20,22). The second-order valence-corrected chi connectivity index (χ2v) is 4.76. The maximum Gasteiger partial charge on any atom is 0.328 e. The monoisotopic (exact) mass is 303 g/mol. The predicted molar refractivity (Wildman–Crippen MR) is 80.3 cm³/mol. The molecule has 2 rings (SSSR count). The third kappa shape index (κ3) is 4.16. The first-order valence-electron chi connectivity index (χ1n) is 6.82. The van der Waals surface area contributed by atoms with Crippen LogP contribution in [0.5, 0.6) is 0 Å². The van der Waals surface area contributed by atoms with Crippen molar-refractivity contribution in [2.24, 2.45) is 0 Å². The second kappa shape index (κ2) is 7.37. The number of hydrogen-bond acceptors (Lipinski definition) is 4. The van der Waals surface area contributed by atoms with Crippen LogP contribution >= 0.6 is 0 Å². The fourth-order valence-electron chi connectivity index (χ4n) is 2.03. The summed E-state index contributed by atoms with van der Waals surface area (Å²) >= 11 is 0.